The van der Waals surface area contributed by atoms with Crippen LogP contribution in [-0.2, 0) is 12.4 Å². The molecule has 0 fully saturated rings. The third-order valence-electron chi connectivity index (χ3n) is 3.00. The molecule has 0 radical (unpaired) electrons. The first-order chi connectivity index (χ1) is 11.3. The summed E-state index contributed by atoms with van der Waals surface area (Å²) in [5.74, 6) is 1.90. The number of hydrogen-bond acceptors (Lipinski definition) is 6. The molecule has 0 aliphatic heterocycles. The fourth-order valence-electron chi connectivity index (χ4n) is 1.84. The average molecular weight is 323 g/mol. The summed E-state index contributed by atoms with van der Waals surface area (Å²) < 4.78 is 11.1. The van der Waals surface area contributed by atoms with Gasteiger partial charge >= 0.3 is 0 Å². The summed E-state index contributed by atoms with van der Waals surface area (Å²) in [6.07, 6.45) is 0. The molecule has 0 saturated heterocycles. The van der Waals surface area contributed by atoms with E-state index in [0.29, 0.717) is 22.4 Å². The monoisotopic (exact) mass is 323 g/mol. The number of thioether (sulfide) groups is 1. The number of ether oxygens (including phenoxy) is 1. The van der Waals surface area contributed by atoms with Crippen molar-refractivity contribution in [2.75, 3.05) is 0 Å². The molecule has 5 nitrogen and oxygen atoms in total. The van der Waals surface area contributed by atoms with Crippen molar-refractivity contribution in [3.05, 3.63) is 71.6 Å². The molecule has 0 amide bonds. The van der Waals surface area contributed by atoms with Gasteiger partial charge in [-0.3, -0.25) is 0 Å². The number of hydrogen-bond donors (Lipinski definition) is 0. The Hall–Kier alpha value is -2.78. The molecule has 0 unspecified atom stereocenters. The second-order valence-corrected chi connectivity index (χ2v) is 5.59. The first-order valence-corrected chi connectivity index (χ1v) is 7.94. The van der Waals surface area contributed by atoms with Crippen LogP contribution in [0.1, 0.15) is 17.0 Å². The van der Waals surface area contributed by atoms with E-state index in [9.17, 15) is 0 Å². The standard InChI is InChI=1S/C17H13N3O2S/c18-10-13-6-8-14(9-7-13)12-23-17-20-19-16(22-17)11-21-15-4-2-1-3-5-15/h1-9H,11-12H2. The largest absolute Gasteiger partial charge is 0.484 e. The van der Waals surface area contributed by atoms with Crippen molar-refractivity contribution in [3.63, 3.8) is 0 Å². The maximum atomic E-state index is 8.77. The molecule has 3 aromatic rings. The maximum Gasteiger partial charge on any atom is 0.277 e. The average Bonchev–Trinajstić information content (AvgIpc) is 3.07. The number of para-hydroxylation sites is 1. The third kappa shape index (κ3) is 4.34. The molecular weight excluding hydrogens is 310 g/mol. The van der Waals surface area contributed by atoms with Gasteiger partial charge in [-0.05, 0) is 29.8 Å². The Morgan fingerprint density at radius 2 is 1.83 bits per heavy atom. The lowest BCUT2D eigenvalue weighted by molar-refractivity contribution is 0.252. The van der Waals surface area contributed by atoms with E-state index in [1.807, 2.05) is 42.5 Å². The Kier molecular flexibility index (Phi) is 4.92. The molecule has 0 aliphatic rings. The first kappa shape index (κ1) is 15.1. The molecule has 2 aromatic carbocycles. The molecule has 0 N–H and O–H groups in total. The lowest BCUT2D eigenvalue weighted by Gasteiger charge is -2.01. The molecular formula is C17H13N3O2S. The predicted molar refractivity (Wildman–Crippen MR) is 85.8 cm³/mol. The summed E-state index contributed by atoms with van der Waals surface area (Å²) in [6, 6.07) is 19.0. The highest BCUT2D eigenvalue weighted by atomic mass is 32.2. The van der Waals surface area contributed by atoms with Gasteiger partial charge < -0.3 is 9.15 Å². The lowest BCUT2D eigenvalue weighted by atomic mass is 10.2. The van der Waals surface area contributed by atoms with E-state index < -0.39 is 0 Å². The lowest BCUT2D eigenvalue weighted by Crippen LogP contribution is -1.95. The van der Waals surface area contributed by atoms with Crippen LogP contribution in [-0.4, -0.2) is 10.2 Å². The van der Waals surface area contributed by atoms with E-state index in [1.54, 1.807) is 12.1 Å². The van der Waals surface area contributed by atoms with Gasteiger partial charge in [0.25, 0.3) is 11.1 Å². The van der Waals surface area contributed by atoms with Gasteiger partial charge in [0.15, 0.2) is 6.61 Å². The molecule has 0 bridgehead atoms. The van der Waals surface area contributed by atoms with Gasteiger partial charge in [0.1, 0.15) is 5.75 Å². The Bertz CT molecular complexity index is 795. The van der Waals surface area contributed by atoms with Crippen LogP contribution in [0.3, 0.4) is 0 Å². The van der Waals surface area contributed by atoms with Gasteiger partial charge in [-0.25, -0.2) is 0 Å². The van der Waals surface area contributed by atoms with E-state index >= 15 is 0 Å². The molecule has 1 heterocycles. The van der Waals surface area contributed by atoms with Gasteiger partial charge in [-0.15, -0.1) is 10.2 Å². The zero-order valence-electron chi connectivity index (χ0n) is 12.2. The number of aromatic nitrogens is 2. The molecule has 0 spiro atoms. The van der Waals surface area contributed by atoms with E-state index in [1.165, 1.54) is 11.8 Å². The van der Waals surface area contributed by atoms with Crippen LogP contribution in [0.5, 0.6) is 5.75 Å². The van der Waals surface area contributed by atoms with E-state index in [0.717, 1.165) is 11.3 Å². The highest BCUT2D eigenvalue weighted by molar-refractivity contribution is 7.98. The Balaban J connectivity index is 1.51. The van der Waals surface area contributed by atoms with Crippen LogP contribution in [0.4, 0.5) is 0 Å². The Morgan fingerprint density at radius 3 is 2.57 bits per heavy atom. The zero-order valence-corrected chi connectivity index (χ0v) is 13.0. The molecule has 3 rings (SSSR count). The molecule has 114 valence electrons. The van der Waals surface area contributed by atoms with Crippen LogP contribution >= 0.6 is 11.8 Å². The smallest absolute Gasteiger partial charge is 0.277 e. The van der Waals surface area contributed by atoms with Crippen molar-refractivity contribution >= 4 is 11.8 Å². The van der Waals surface area contributed by atoms with Crippen molar-refractivity contribution < 1.29 is 9.15 Å². The fraction of sp³-hybridized carbons (Fsp3) is 0.118. The van der Waals surface area contributed by atoms with Crippen LogP contribution in [0.15, 0.2) is 64.2 Å². The molecule has 0 saturated carbocycles. The van der Waals surface area contributed by atoms with Gasteiger partial charge in [0.05, 0.1) is 11.6 Å². The van der Waals surface area contributed by atoms with Gasteiger partial charge in [0, 0.05) is 5.75 Å². The van der Waals surface area contributed by atoms with Crippen LogP contribution in [0, 0.1) is 11.3 Å². The summed E-state index contributed by atoms with van der Waals surface area (Å²) in [6.45, 7) is 0.244. The fourth-order valence-corrected chi connectivity index (χ4v) is 2.57. The van der Waals surface area contributed by atoms with Gasteiger partial charge in [0.2, 0.25) is 0 Å². The summed E-state index contributed by atoms with van der Waals surface area (Å²) in [5, 5.41) is 17.2. The molecule has 23 heavy (non-hydrogen) atoms. The normalized spacial score (nSPS) is 10.2. The molecule has 6 heteroatoms. The van der Waals surface area contributed by atoms with E-state index in [2.05, 4.69) is 16.3 Å². The molecule has 1 aromatic heterocycles. The van der Waals surface area contributed by atoms with Crippen LogP contribution in [0.2, 0.25) is 0 Å². The third-order valence-corrected chi connectivity index (χ3v) is 3.89. The minimum Gasteiger partial charge on any atom is -0.484 e. The van der Waals surface area contributed by atoms with E-state index in [-0.39, 0.29) is 6.61 Å². The van der Waals surface area contributed by atoms with Crippen molar-refractivity contribution in [1.29, 1.82) is 5.26 Å². The minimum absolute atomic E-state index is 0.244. The van der Waals surface area contributed by atoms with Crippen molar-refractivity contribution in [2.24, 2.45) is 0 Å². The zero-order chi connectivity index (χ0) is 15.9. The van der Waals surface area contributed by atoms with Crippen LogP contribution in [0.25, 0.3) is 0 Å². The summed E-state index contributed by atoms with van der Waals surface area (Å²) in [5.41, 5.74) is 1.74. The number of rotatable bonds is 6. The second-order valence-electron chi connectivity index (χ2n) is 4.66. The highest BCUT2D eigenvalue weighted by Crippen LogP contribution is 2.22. The summed E-state index contributed by atoms with van der Waals surface area (Å²) in [4.78, 5) is 0. The van der Waals surface area contributed by atoms with Gasteiger partial charge in [-0.1, -0.05) is 42.1 Å². The van der Waals surface area contributed by atoms with Crippen molar-refractivity contribution in [1.82, 2.24) is 10.2 Å². The number of benzene rings is 2. The summed E-state index contributed by atoms with van der Waals surface area (Å²) in [7, 11) is 0. The highest BCUT2D eigenvalue weighted by Gasteiger charge is 2.08. The van der Waals surface area contributed by atoms with Crippen molar-refractivity contribution in [2.45, 2.75) is 17.6 Å². The molecule has 0 aliphatic carbocycles. The first-order valence-electron chi connectivity index (χ1n) is 6.95. The Labute approximate surface area is 137 Å². The van der Waals surface area contributed by atoms with Crippen molar-refractivity contribution in [3.8, 4) is 11.8 Å². The Morgan fingerprint density at radius 1 is 1.04 bits per heavy atom. The second kappa shape index (κ2) is 7.47. The predicted octanol–water partition coefficient (Wildman–Crippen LogP) is 3.81. The maximum absolute atomic E-state index is 8.77. The SMILES string of the molecule is N#Cc1ccc(CSc2nnc(COc3ccccc3)o2)cc1. The summed E-state index contributed by atoms with van der Waals surface area (Å²) >= 11 is 1.45. The topological polar surface area (TPSA) is 71.9 Å². The minimum atomic E-state index is 0.244. The van der Waals surface area contributed by atoms with E-state index in [4.69, 9.17) is 14.4 Å². The quantitative estimate of drug-likeness (QED) is 0.642. The number of nitriles is 1. The number of nitrogens with zero attached hydrogens (tertiary/aromatic N) is 3. The molecule has 0 atom stereocenters. The van der Waals surface area contributed by atoms with Crippen LogP contribution < -0.4 is 4.74 Å². The van der Waals surface area contributed by atoms with Gasteiger partial charge in [-0.2, -0.15) is 5.26 Å².